The van der Waals surface area contributed by atoms with E-state index in [-0.39, 0.29) is 6.04 Å². The Labute approximate surface area is 67.2 Å². The second-order valence-corrected chi connectivity index (χ2v) is 2.50. The van der Waals surface area contributed by atoms with Gasteiger partial charge in [-0.25, -0.2) is 0 Å². The Balaban J connectivity index is 3.05. The number of nitrogens with two attached hydrogens (primary N) is 1. The molecule has 0 spiro atoms. The van der Waals surface area contributed by atoms with E-state index in [4.69, 9.17) is 12.2 Å². The predicted octanol–water partition coefficient (Wildman–Crippen LogP) is 1.63. The van der Waals surface area contributed by atoms with E-state index in [2.05, 4.69) is 5.92 Å². The highest BCUT2D eigenvalue weighted by molar-refractivity contribution is 5.32. The molecule has 0 radical (unpaired) electrons. The first-order valence-electron chi connectivity index (χ1n) is 3.53. The van der Waals surface area contributed by atoms with Crippen molar-refractivity contribution < 1.29 is 0 Å². The molecular formula is C10H11N. The maximum absolute atomic E-state index is 5.66. The third-order valence-electron chi connectivity index (χ3n) is 1.70. The fourth-order valence-electron chi connectivity index (χ4n) is 1.03. The molecule has 1 atom stereocenters. The standard InChI is InChI=1S/C10H11N/c1-3-10(11)9-7-5-4-6-8(9)2/h1,4-7,10H,11H2,2H3/t10-/m1/s1. The number of rotatable bonds is 1. The van der Waals surface area contributed by atoms with Crippen LogP contribution in [0.1, 0.15) is 17.2 Å². The highest BCUT2D eigenvalue weighted by Gasteiger charge is 2.02. The summed E-state index contributed by atoms with van der Waals surface area (Å²) in [7, 11) is 0. The van der Waals surface area contributed by atoms with Crippen molar-refractivity contribution in [2.24, 2.45) is 5.73 Å². The minimum absolute atomic E-state index is 0.267. The zero-order valence-electron chi connectivity index (χ0n) is 6.54. The van der Waals surface area contributed by atoms with Gasteiger partial charge in [-0.1, -0.05) is 30.2 Å². The molecule has 2 N–H and O–H groups in total. The van der Waals surface area contributed by atoms with Gasteiger partial charge < -0.3 is 5.73 Å². The van der Waals surface area contributed by atoms with Gasteiger partial charge in [0.25, 0.3) is 0 Å². The van der Waals surface area contributed by atoms with Crippen molar-refractivity contribution in [3.63, 3.8) is 0 Å². The van der Waals surface area contributed by atoms with Crippen LogP contribution in [0, 0.1) is 19.3 Å². The van der Waals surface area contributed by atoms with Crippen LogP contribution in [0.4, 0.5) is 0 Å². The molecule has 0 aliphatic rings. The lowest BCUT2D eigenvalue weighted by atomic mass is 10.0. The van der Waals surface area contributed by atoms with Crippen molar-refractivity contribution in [3.05, 3.63) is 35.4 Å². The van der Waals surface area contributed by atoms with Crippen molar-refractivity contribution in [2.45, 2.75) is 13.0 Å². The van der Waals surface area contributed by atoms with Crippen LogP contribution in [0.5, 0.6) is 0 Å². The van der Waals surface area contributed by atoms with Gasteiger partial charge in [0.2, 0.25) is 0 Å². The zero-order valence-corrected chi connectivity index (χ0v) is 6.54. The Hall–Kier alpha value is -1.26. The summed E-state index contributed by atoms with van der Waals surface area (Å²) in [6.45, 7) is 2.01. The summed E-state index contributed by atoms with van der Waals surface area (Å²) < 4.78 is 0. The van der Waals surface area contributed by atoms with Crippen LogP contribution in [0.25, 0.3) is 0 Å². The molecule has 56 valence electrons. The molecule has 0 saturated carbocycles. The Morgan fingerprint density at radius 3 is 2.64 bits per heavy atom. The number of hydrogen-bond donors (Lipinski definition) is 1. The van der Waals surface area contributed by atoms with Crippen LogP contribution in [0.3, 0.4) is 0 Å². The molecular weight excluding hydrogens is 134 g/mol. The summed E-state index contributed by atoms with van der Waals surface area (Å²) >= 11 is 0. The van der Waals surface area contributed by atoms with Crippen LogP contribution in [0.2, 0.25) is 0 Å². The maximum Gasteiger partial charge on any atom is 0.0920 e. The molecule has 1 aromatic rings. The van der Waals surface area contributed by atoms with Crippen molar-refractivity contribution in [3.8, 4) is 12.3 Å². The Bertz CT molecular complexity index is 283. The van der Waals surface area contributed by atoms with E-state index in [1.807, 2.05) is 31.2 Å². The second kappa shape index (κ2) is 3.23. The maximum atomic E-state index is 5.66. The van der Waals surface area contributed by atoms with Gasteiger partial charge in [-0.15, -0.1) is 6.42 Å². The largest absolute Gasteiger partial charge is 0.314 e. The monoisotopic (exact) mass is 145 g/mol. The van der Waals surface area contributed by atoms with Crippen molar-refractivity contribution >= 4 is 0 Å². The Morgan fingerprint density at radius 1 is 1.45 bits per heavy atom. The number of aryl methyl sites for hydroxylation is 1. The number of benzene rings is 1. The minimum Gasteiger partial charge on any atom is -0.314 e. The second-order valence-electron chi connectivity index (χ2n) is 2.50. The molecule has 1 rings (SSSR count). The van der Waals surface area contributed by atoms with Crippen LogP contribution in [-0.2, 0) is 0 Å². The molecule has 0 unspecified atom stereocenters. The molecule has 11 heavy (non-hydrogen) atoms. The van der Waals surface area contributed by atoms with E-state index >= 15 is 0 Å². The first-order chi connectivity index (χ1) is 5.25. The molecule has 1 nitrogen and oxygen atoms in total. The summed E-state index contributed by atoms with van der Waals surface area (Å²) in [5.41, 5.74) is 7.85. The zero-order chi connectivity index (χ0) is 8.27. The highest BCUT2D eigenvalue weighted by atomic mass is 14.6. The van der Waals surface area contributed by atoms with Gasteiger partial charge in [0, 0.05) is 0 Å². The van der Waals surface area contributed by atoms with Gasteiger partial charge >= 0.3 is 0 Å². The lowest BCUT2D eigenvalue weighted by Crippen LogP contribution is -2.08. The van der Waals surface area contributed by atoms with Crippen molar-refractivity contribution in [1.29, 1.82) is 0 Å². The smallest absolute Gasteiger partial charge is 0.0920 e. The van der Waals surface area contributed by atoms with E-state index in [9.17, 15) is 0 Å². The summed E-state index contributed by atoms with van der Waals surface area (Å²) in [6.07, 6.45) is 5.20. The van der Waals surface area contributed by atoms with E-state index < -0.39 is 0 Å². The first-order valence-corrected chi connectivity index (χ1v) is 3.53. The van der Waals surface area contributed by atoms with Crippen LogP contribution in [-0.4, -0.2) is 0 Å². The van der Waals surface area contributed by atoms with E-state index in [1.54, 1.807) is 0 Å². The van der Waals surface area contributed by atoms with Gasteiger partial charge in [-0.2, -0.15) is 0 Å². The molecule has 0 aromatic heterocycles. The van der Waals surface area contributed by atoms with Gasteiger partial charge in [0.15, 0.2) is 0 Å². The van der Waals surface area contributed by atoms with E-state index in [1.165, 1.54) is 0 Å². The topological polar surface area (TPSA) is 26.0 Å². The summed E-state index contributed by atoms with van der Waals surface area (Å²) in [4.78, 5) is 0. The molecule has 0 fully saturated rings. The SMILES string of the molecule is C#C[C@@H](N)c1ccccc1C. The summed E-state index contributed by atoms with van der Waals surface area (Å²) in [5, 5.41) is 0. The third kappa shape index (κ3) is 1.60. The molecule has 0 amide bonds. The lowest BCUT2D eigenvalue weighted by Gasteiger charge is -2.06. The number of hydrogen-bond acceptors (Lipinski definition) is 1. The van der Waals surface area contributed by atoms with Gasteiger partial charge in [-0.05, 0) is 18.1 Å². The van der Waals surface area contributed by atoms with Crippen molar-refractivity contribution in [1.82, 2.24) is 0 Å². The fraction of sp³-hybridized carbons (Fsp3) is 0.200. The summed E-state index contributed by atoms with van der Waals surface area (Å²) in [6, 6.07) is 7.62. The van der Waals surface area contributed by atoms with Crippen LogP contribution < -0.4 is 5.73 Å². The minimum atomic E-state index is -0.267. The lowest BCUT2D eigenvalue weighted by molar-refractivity contribution is 0.933. The Kier molecular flexibility index (Phi) is 2.30. The number of terminal acetylenes is 1. The molecule has 0 aliphatic heterocycles. The van der Waals surface area contributed by atoms with Crippen LogP contribution >= 0.6 is 0 Å². The predicted molar refractivity (Wildman–Crippen MR) is 46.9 cm³/mol. The highest BCUT2D eigenvalue weighted by Crippen LogP contribution is 2.13. The van der Waals surface area contributed by atoms with Crippen LogP contribution in [0.15, 0.2) is 24.3 Å². The Morgan fingerprint density at radius 2 is 2.09 bits per heavy atom. The third-order valence-corrected chi connectivity index (χ3v) is 1.70. The first kappa shape index (κ1) is 7.84. The molecule has 0 aliphatic carbocycles. The molecule has 1 heteroatoms. The molecule has 0 bridgehead atoms. The average molecular weight is 145 g/mol. The van der Waals surface area contributed by atoms with E-state index in [0.29, 0.717) is 0 Å². The molecule has 0 heterocycles. The normalized spacial score (nSPS) is 12.1. The molecule has 0 saturated heterocycles. The van der Waals surface area contributed by atoms with Gasteiger partial charge in [0.1, 0.15) is 0 Å². The molecule has 1 aromatic carbocycles. The van der Waals surface area contributed by atoms with Gasteiger partial charge in [0.05, 0.1) is 6.04 Å². The average Bonchev–Trinajstić information content (AvgIpc) is 2.04. The summed E-state index contributed by atoms with van der Waals surface area (Å²) in [5.74, 6) is 2.50. The quantitative estimate of drug-likeness (QED) is 0.597. The van der Waals surface area contributed by atoms with Gasteiger partial charge in [-0.3, -0.25) is 0 Å². The van der Waals surface area contributed by atoms with Crippen molar-refractivity contribution in [2.75, 3.05) is 0 Å². The fourth-order valence-corrected chi connectivity index (χ4v) is 1.03. The van der Waals surface area contributed by atoms with E-state index in [0.717, 1.165) is 11.1 Å².